The third-order valence-corrected chi connectivity index (χ3v) is 2.88. The average Bonchev–Trinajstić information content (AvgIpc) is 2.28. The summed E-state index contributed by atoms with van der Waals surface area (Å²) in [6, 6.07) is 4.14. The number of hydrogen-bond donors (Lipinski definition) is 0. The van der Waals surface area contributed by atoms with Crippen molar-refractivity contribution in [3.05, 3.63) is 29.3 Å². The monoisotopic (exact) mass is 274 g/mol. The number of halogens is 3. The molecule has 0 aliphatic rings. The minimum atomic E-state index is -4.44. The molecular weight excluding hydrogens is 256 g/mol. The maximum absolute atomic E-state index is 13.1. The van der Waals surface area contributed by atoms with Crippen molar-refractivity contribution in [3.8, 4) is 0 Å². The smallest absolute Gasteiger partial charge is 0.410 e. The highest BCUT2D eigenvalue weighted by atomic mass is 19.4. The van der Waals surface area contributed by atoms with Crippen LogP contribution in [0.3, 0.4) is 0 Å². The van der Waals surface area contributed by atoms with Gasteiger partial charge in [0.25, 0.3) is 0 Å². The van der Waals surface area contributed by atoms with E-state index in [4.69, 9.17) is 9.31 Å². The van der Waals surface area contributed by atoms with E-state index in [1.165, 1.54) is 20.3 Å². The van der Waals surface area contributed by atoms with Crippen LogP contribution in [0.25, 0.3) is 0 Å². The van der Waals surface area contributed by atoms with E-state index in [-0.39, 0.29) is 5.46 Å². The first-order valence-electron chi connectivity index (χ1n) is 5.89. The Morgan fingerprint density at radius 1 is 0.947 bits per heavy atom. The molecule has 0 aliphatic carbocycles. The highest BCUT2D eigenvalue weighted by Crippen LogP contribution is 2.31. The molecule has 0 amide bonds. The first-order valence-corrected chi connectivity index (χ1v) is 5.89. The second-order valence-corrected chi connectivity index (χ2v) is 5.32. The molecule has 1 aromatic carbocycles. The molecule has 0 atom stereocenters. The van der Waals surface area contributed by atoms with Gasteiger partial charge in [-0.1, -0.05) is 39.0 Å². The fourth-order valence-electron chi connectivity index (χ4n) is 2.05. The molecule has 0 N–H and O–H groups in total. The molecular formula is C13H18BF3O2. The van der Waals surface area contributed by atoms with Crippen molar-refractivity contribution < 1.29 is 22.5 Å². The van der Waals surface area contributed by atoms with Gasteiger partial charge in [-0.05, 0) is 16.4 Å². The van der Waals surface area contributed by atoms with E-state index in [0.717, 1.165) is 6.07 Å². The Hall–Kier alpha value is -1.01. The van der Waals surface area contributed by atoms with Gasteiger partial charge in [-0.15, -0.1) is 0 Å². The zero-order valence-corrected chi connectivity index (χ0v) is 11.8. The molecule has 1 aromatic rings. The standard InChI is InChI=1S/C13H18BF3O2/c1-12(2,3)9-7-6-8-10(13(15,16)17)11(9)14(18-4)19-5/h6-8H,1-5H3. The molecule has 0 heterocycles. The van der Waals surface area contributed by atoms with Crippen LogP contribution in [-0.2, 0) is 20.9 Å². The molecule has 106 valence electrons. The first-order chi connectivity index (χ1) is 8.62. The van der Waals surface area contributed by atoms with Gasteiger partial charge >= 0.3 is 13.3 Å². The summed E-state index contributed by atoms with van der Waals surface area (Å²) in [7, 11) is 1.62. The van der Waals surface area contributed by atoms with Crippen LogP contribution in [0.15, 0.2) is 18.2 Å². The summed E-state index contributed by atoms with van der Waals surface area (Å²) in [6.07, 6.45) is -4.44. The quantitative estimate of drug-likeness (QED) is 0.789. The van der Waals surface area contributed by atoms with Gasteiger partial charge in [0.1, 0.15) is 0 Å². The van der Waals surface area contributed by atoms with Gasteiger partial charge in [-0.25, -0.2) is 0 Å². The van der Waals surface area contributed by atoms with E-state index in [9.17, 15) is 13.2 Å². The van der Waals surface area contributed by atoms with Crippen LogP contribution in [0, 0.1) is 0 Å². The van der Waals surface area contributed by atoms with Crippen LogP contribution in [0.1, 0.15) is 31.9 Å². The molecule has 19 heavy (non-hydrogen) atoms. The second-order valence-electron chi connectivity index (χ2n) is 5.32. The van der Waals surface area contributed by atoms with Crippen LogP contribution in [0.2, 0.25) is 0 Å². The molecule has 0 saturated carbocycles. The Kier molecular flexibility index (Phi) is 4.69. The average molecular weight is 274 g/mol. The molecule has 0 spiro atoms. The van der Waals surface area contributed by atoms with E-state index >= 15 is 0 Å². The Morgan fingerprint density at radius 2 is 1.42 bits per heavy atom. The minimum Gasteiger partial charge on any atom is -0.410 e. The summed E-state index contributed by atoms with van der Waals surface area (Å²) in [6.45, 7) is 5.57. The number of alkyl halides is 3. The zero-order chi connectivity index (χ0) is 14.8. The molecule has 0 fully saturated rings. The van der Waals surface area contributed by atoms with Crippen LogP contribution in [0.4, 0.5) is 13.2 Å². The van der Waals surface area contributed by atoms with Crippen molar-refractivity contribution in [2.24, 2.45) is 0 Å². The van der Waals surface area contributed by atoms with Gasteiger partial charge in [0, 0.05) is 14.2 Å². The molecule has 0 bridgehead atoms. The van der Waals surface area contributed by atoms with Crippen molar-refractivity contribution >= 4 is 12.6 Å². The molecule has 0 aromatic heterocycles. The first kappa shape index (κ1) is 16.1. The van der Waals surface area contributed by atoms with Crippen LogP contribution in [-0.4, -0.2) is 21.3 Å². The van der Waals surface area contributed by atoms with Gasteiger partial charge < -0.3 is 9.31 Å². The molecule has 1 rings (SSSR count). The zero-order valence-electron chi connectivity index (χ0n) is 11.8. The second kappa shape index (κ2) is 5.55. The minimum absolute atomic E-state index is 0.0486. The molecule has 6 heteroatoms. The molecule has 0 aliphatic heterocycles. The Morgan fingerprint density at radius 3 is 1.79 bits per heavy atom. The lowest BCUT2D eigenvalue weighted by Gasteiger charge is -2.27. The highest BCUT2D eigenvalue weighted by molar-refractivity contribution is 6.62. The third-order valence-electron chi connectivity index (χ3n) is 2.88. The lowest BCUT2D eigenvalue weighted by molar-refractivity contribution is -0.136. The summed E-state index contributed by atoms with van der Waals surface area (Å²) >= 11 is 0. The van der Waals surface area contributed by atoms with Crippen molar-refractivity contribution in [2.45, 2.75) is 32.4 Å². The lowest BCUT2D eigenvalue weighted by Crippen LogP contribution is -2.44. The Balaban J connectivity index is 3.59. The third kappa shape index (κ3) is 3.51. The maximum atomic E-state index is 13.1. The summed E-state index contributed by atoms with van der Waals surface area (Å²) in [5.74, 6) is 0. The molecule has 2 nitrogen and oxygen atoms in total. The number of hydrogen-bond acceptors (Lipinski definition) is 2. The van der Waals surface area contributed by atoms with E-state index in [1.54, 1.807) is 6.07 Å². The predicted octanol–water partition coefficient (Wildman–Crippen LogP) is 2.99. The van der Waals surface area contributed by atoms with Crippen molar-refractivity contribution in [3.63, 3.8) is 0 Å². The van der Waals surface area contributed by atoms with E-state index in [2.05, 4.69) is 0 Å². The summed E-state index contributed by atoms with van der Waals surface area (Å²) in [5, 5.41) is 0. The van der Waals surface area contributed by atoms with Gasteiger partial charge in [0.2, 0.25) is 0 Å². The van der Waals surface area contributed by atoms with E-state index < -0.39 is 24.3 Å². The fourth-order valence-corrected chi connectivity index (χ4v) is 2.05. The van der Waals surface area contributed by atoms with Crippen molar-refractivity contribution in [1.82, 2.24) is 0 Å². The van der Waals surface area contributed by atoms with Crippen LogP contribution < -0.4 is 5.46 Å². The van der Waals surface area contributed by atoms with Gasteiger partial charge in [0.05, 0.1) is 5.56 Å². The van der Waals surface area contributed by atoms with Crippen LogP contribution in [0.5, 0.6) is 0 Å². The fraction of sp³-hybridized carbons (Fsp3) is 0.538. The largest absolute Gasteiger partial charge is 0.494 e. The summed E-state index contributed by atoms with van der Waals surface area (Å²) in [5.41, 5.74) is -0.538. The van der Waals surface area contributed by atoms with Gasteiger partial charge in [0.15, 0.2) is 0 Å². The maximum Gasteiger partial charge on any atom is 0.494 e. The normalized spacial score (nSPS) is 12.6. The van der Waals surface area contributed by atoms with E-state index in [0.29, 0.717) is 5.56 Å². The summed E-state index contributed by atoms with van der Waals surface area (Å²) in [4.78, 5) is 0. The van der Waals surface area contributed by atoms with E-state index in [1.807, 2.05) is 20.8 Å². The molecule has 0 unspecified atom stereocenters. The topological polar surface area (TPSA) is 18.5 Å². The highest BCUT2D eigenvalue weighted by Gasteiger charge is 2.40. The molecule has 0 radical (unpaired) electrons. The van der Waals surface area contributed by atoms with Crippen molar-refractivity contribution in [2.75, 3.05) is 14.2 Å². The van der Waals surface area contributed by atoms with Gasteiger partial charge in [-0.2, -0.15) is 13.2 Å². The Bertz CT molecular complexity index is 402. The lowest BCUT2D eigenvalue weighted by atomic mass is 9.67. The van der Waals surface area contributed by atoms with Gasteiger partial charge in [-0.3, -0.25) is 0 Å². The molecule has 0 saturated heterocycles. The Labute approximate surface area is 112 Å². The number of rotatable bonds is 3. The SMILES string of the molecule is COB(OC)c1c(C(C)(C)C)cccc1C(F)(F)F. The number of benzene rings is 1. The van der Waals surface area contributed by atoms with Crippen molar-refractivity contribution in [1.29, 1.82) is 0 Å². The predicted molar refractivity (Wildman–Crippen MR) is 69.6 cm³/mol. The van der Waals surface area contributed by atoms with Crippen LogP contribution >= 0.6 is 0 Å². The summed E-state index contributed by atoms with van der Waals surface area (Å²) < 4.78 is 49.5.